The maximum atomic E-state index is 5.21. The van der Waals surface area contributed by atoms with E-state index in [1.807, 2.05) is 12.1 Å². The van der Waals surface area contributed by atoms with Crippen LogP contribution in [0.25, 0.3) is 0 Å². The molecule has 0 aromatic carbocycles. The van der Waals surface area contributed by atoms with Gasteiger partial charge in [-0.3, -0.25) is 0 Å². The normalized spacial score (nSPS) is 10.6. The predicted molar refractivity (Wildman–Crippen MR) is 68.7 cm³/mol. The number of nitrogens with zero attached hydrogens (tertiary/aromatic N) is 2. The third kappa shape index (κ3) is 5.01. The summed E-state index contributed by atoms with van der Waals surface area (Å²) in [5, 5.41) is 3.25. The summed E-state index contributed by atoms with van der Waals surface area (Å²) in [4.78, 5) is 6.43. The zero-order valence-corrected chi connectivity index (χ0v) is 10.8. The molecule has 1 N–H and O–H groups in total. The van der Waals surface area contributed by atoms with Gasteiger partial charge in [0, 0.05) is 32.9 Å². The number of likely N-dealkylation sites (N-methyl/N-ethyl adjacent to an activating group) is 1. The first kappa shape index (κ1) is 13.7. The van der Waals surface area contributed by atoms with Crippen molar-refractivity contribution in [2.24, 2.45) is 0 Å². The summed E-state index contributed by atoms with van der Waals surface area (Å²) in [7, 11) is 5.42. The molecular formula is C12H21N3O2. The average molecular weight is 239 g/mol. The topological polar surface area (TPSA) is 46.6 Å². The Morgan fingerprint density at radius 1 is 1.35 bits per heavy atom. The largest absolute Gasteiger partial charge is 0.493 e. The molecule has 0 aliphatic heterocycles. The van der Waals surface area contributed by atoms with Crippen LogP contribution in [-0.4, -0.2) is 57.4 Å². The molecule has 0 spiro atoms. The first-order valence-electron chi connectivity index (χ1n) is 5.68. The van der Waals surface area contributed by atoms with Crippen LogP contribution in [0.2, 0.25) is 0 Å². The highest BCUT2D eigenvalue weighted by molar-refractivity contribution is 5.49. The van der Waals surface area contributed by atoms with E-state index < -0.39 is 0 Å². The molecule has 0 saturated carbocycles. The number of methoxy groups -OCH3 is 2. The third-order valence-corrected chi connectivity index (χ3v) is 2.45. The molecule has 96 valence electrons. The molecule has 5 nitrogen and oxygen atoms in total. The lowest BCUT2D eigenvalue weighted by Crippen LogP contribution is -2.28. The smallest absolute Gasteiger partial charge is 0.168 e. The Labute approximate surface area is 103 Å². The number of anilines is 1. The fourth-order valence-corrected chi connectivity index (χ4v) is 1.41. The number of hydrogen-bond donors (Lipinski definition) is 1. The van der Waals surface area contributed by atoms with Crippen LogP contribution in [0.5, 0.6) is 5.75 Å². The summed E-state index contributed by atoms with van der Waals surface area (Å²) >= 11 is 0. The molecule has 1 aromatic rings. The van der Waals surface area contributed by atoms with Gasteiger partial charge in [-0.15, -0.1) is 0 Å². The van der Waals surface area contributed by atoms with Gasteiger partial charge in [-0.2, -0.15) is 0 Å². The second-order valence-electron chi connectivity index (χ2n) is 3.78. The SMILES string of the molecule is COCCN(C)CCNc1ncccc1OC. The highest BCUT2D eigenvalue weighted by atomic mass is 16.5. The minimum absolute atomic E-state index is 0.753. The lowest BCUT2D eigenvalue weighted by atomic mass is 10.4. The fourth-order valence-electron chi connectivity index (χ4n) is 1.41. The lowest BCUT2D eigenvalue weighted by molar-refractivity contribution is 0.163. The third-order valence-electron chi connectivity index (χ3n) is 2.45. The van der Waals surface area contributed by atoms with Gasteiger partial charge in [0.1, 0.15) is 0 Å². The van der Waals surface area contributed by atoms with Crippen molar-refractivity contribution >= 4 is 5.82 Å². The lowest BCUT2D eigenvalue weighted by Gasteiger charge is -2.17. The molecule has 0 radical (unpaired) electrons. The minimum Gasteiger partial charge on any atom is -0.493 e. The molecule has 0 fully saturated rings. The van der Waals surface area contributed by atoms with Crippen molar-refractivity contribution in [3.8, 4) is 5.75 Å². The summed E-state index contributed by atoms with van der Waals surface area (Å²) in [6.07, 6.45) is 1.75. The predicted octanol–water partition coefficient (Wildman–Crippen LogP) is 1.08. The van der Waals surface area contributed by atoms with Crippen LogP contribution >= 0.6 is 0 Å². The van der Waals surface area contributed by atoms with Crippen LogP contribution in [0.3, 0.4) is 0 Å². The van der Waals surface area contributed by atoms with E-state index in [-0.39, 0.29) is 0 Å². The average Bonchev–Trinajstić information content (AvgIpc) is 2.37. The van der Waals surface area contributed by atoms with Gasteiger partial charge >= 0.3 is 0 Å². The van der Waals surface area contributed by atoms with Crippen LogP contribution in [-0.2, 0) is 4.74 Å². The van der Waals surface area contributed by atoms with E-state index in [2.05, 4.69) is 22.2 Å². The zero-order valence-electron chi connectivity index (χ0n) is 10.8. The van der Waals surface area contributed by atoms with E-state index in [0.717, 1.165) is 37.8 Å². The molecule has 0 atom stereocenters. The van der Waals surface area contributed by atoms with E-state index in [0.29, 0.717) is 0 Å². The first-order valence-corrected chi connectivity index (χ1v) is 5.68. The second kappa shape index (κ2) is 7.86. The van der Waals surface area contributed by atoms with Gasteiger partial charge in [0.2, 0.25) is 0 Å². The van der Waals surface area contributed by atoms with Crippen LogP contribution in [0.1, 0.15) is 0 Å². The molecule has 0 aliphatic rings. The second-order valence-corrected chi connectivity index (χ2v) is 3.78. The highest BCUT2D eigenvalue weighted by Gasteiger charge is 2.02. The van der Waals surface area contributed by atoms with E-state index in [9.17, 15) is 0 Å². The Morgan fingerprint density at radius 2 is 2.18 bits per heavy atom. The fraction of sp³-hybridized carbons (Fsp3) is 0.583. The van der Waals surface area contributed by atoms with E-state index in [4.69, 9.17) is 9.47 Å². The van der Waals surface area contributed by atoms with Crippen molar-refractivity contribution in [2.45, 2.75) is 0 Å². The monoisotopic (exact) mass is 239 g/mol. The maximum absolute atomic E-state index is 5.21. The van der Waals surface area contributed by atoms with Gasteiger partial charge in [-0.05, 0) is 19.2 Å². The highest BCUT2D eigenvalue weighted by Crippen LogP contribution is 2.19. The van der Waals surface area contributed by atoms with Crippen LogP contribution in [0.4, 0.5) is 5.82 Å². The molecule has 0 unspecified atom stereocenters. The molecule has 1 heterocycles. The Kier molecular flexibility index (Phi) is 6.35. The van der Waals surface area contributed by atoms with Gasteiger partial charge in [0.05, 0.1) is 13.7 Å². The van der Waals surface area contributed by atoms with E-state index in [1.165, 1.54) is 0 Å². The first-order chi connectivity index (χ1) is 8.27. The summed E-state index contributed by atoms with van der Waals surface area (Å²) in [6.45, 7) is 3.44. The summed E-state index contributed by atoms with van der Waals surface area (Å²) in [5.74, 6) is 1.56. The van der Waals surface area contributed by atoms with E-state index >= 15 is 0 Å². The quantitative estimate of drug-likeness (QED) is 0.735. The summed E-state index contributed by atoms with van der Waals surface area (Å²) < 4.78 is 10.2. The summed E-state index contributed by atoms with van der Waals surface area (Å²) in [5.41, 5.74) is 0. The van der Waals surface area contributed by atoms with Crippen molar-refractivity contribution < 1.29 is 9.47 Å². The number of ether oxygens (including phenoxy) is 2. The Balaban J connectivity index is 2.30. The van der Waals surface area contributed by atoms with E-state index in [1.54, 1.807) is 20.4 Å². The Bertz CT molecular complexity index is 320. The minimum atomic E-state index is 0.753. The molecule has 0 saturated heterocycles. The molecule has 0 amide bonds. The number of rotatable bonds is 8. The summed E-state index contributed by atoms with van der Waals surface area (Å²) in [6, 6.07) is 3.75. The van der Waals surface area contributed by atoms with Gasteiger partial charge in [-0.1, -0.05) is 0 Å². The molecule has 0 aliphatic carbocycles. The zero-order chi connectivity index (χ0) is 12.5. The maximum Gasteiger partial charge on any atom is 0.168 e. The van der Waals surface area contributed by atoms with Crippen molar-refractivity contribution in [3.63, 3.8) is 0 Å². The van der Waals surface area contributed by atoms with Crippen LogP contribution in [0, 0.1) is 0 Å². The van der Waals surface area contributed by atoms with Gasteiger partial charge < -0.3 is 19.7 Å². The van der Waals surface area contributed by atoms with Gasteiger partial charge in [0.15, 0.2) is 11.6 Å². The molecule has 17 heavy (non-hydrogen) atoms. The van der Waals surface area contributed by atoms with Crippen molar-refractivity contribution in [3.05, 3.63) is 18.3 Å². The molecule has 5 heteroatoms. The number of hydrogen-bond acceptors (Lipinski definition) is 5. The number of aromatic nitrogens is 1. The van der Waals surface area contributed by atoms with Gasteiger partial charge in [0.25, 0.3) is 0 Å². The molecular weight excluding hydrogens is 218 g/mol. The standard InChI is InChI=1S/C12H21N3O2/c1-15(9-10-16-2)8-7-14-12-11(17-3)5-4-6-13-12/h4-6H,7-10H2,1-3H3,(H,13,14). The van der Waals surface area contributed by atoms with Crippen LogP contribution < -0.4 is 10.1 Å². The Hall–Kier alpha value is -1.33. The number of pyridine rings is 1. The molecule has 1 aromatic heterocycles. The molecule has 0 bridgehead atoms. The van der Waals surface area contributed by atoms with Crippen LogP contribution in [0.15, 0.2) is 18.3 Å². The number of nitrogens with one attached hydrogen (secondary N) is 1. The van der Waals surface area contributed by atoms with Gasteiger partial charge in [-0.25, -0.2) is 4.98 Å². The molecule has 1 rings (SSSR count). The van der Waals surface area contributed by atoms with Crippen molar-refractivity contribution in [1.29, 1.82) is 0 Å². The van der Waals surface area contributed by atoms with Crippen molar-refractivity contribution in [2.75, 3.05) is 52.8 Å². The van der Waals surface area contributed by atoms with Crippen molar-refractivity contribution in [1.82, 2.24) is 9.88 Å². The Morgan fingerprint density at radius 3 is 2.88 bits per heavy atom.